The van der Waals surface area contributed by atoms with Crippen molar-refractivity contribution in [3.05, 3.63) is 59.1 Å². The second-order valence-electron chi connectivity index (χ2n) is 5.28. The van der Waals surface area contributed by atoms with Crippen LogP contribution in [0.1, 0.15) is 18.2 Å². The average molecular weight is 301 g/mol. The molecule has 0 saturated carbocycles. The number of fused-ring (bicyclic) bond motifs is 1. The number of nitrogens with one attached hydrogen (secondary N) is 1. The minimum absolute atomic E-state index is 0.208. The van der Waals surface area contributed by atoms with Crippen LogP contribution >= 0.6 is 11.6 Å². The molecule has 0 aliphatic rings. The molecule has 1 N–H and O–H groups in total. The lowest BCUT2D eigenvalue weighted by Crippen LogP contribution is -2.18. The molecule has 3 nitrogen and oxygen atoms in total. The Labute approximate surface area is 128 Å². The highest BCUT2D eigenvalue weighted by atomic mass is 35.5. The van der Waals surface area contributed by atoms with Crippen LogP contribution in [-0.2, 0) is 6.42 Å². The molecule has 3 aromatic rings. The number of pyridine rings is 1. The first-order valence-electron chi connectivity index (χ1n) is 6.98. The number of hydrogen-bond donors (Lipinski definition) is 1. The Morgan fingerprint density at radius 3 is 2.95 bits per heavy atom. The van der Waals surface area contributed by atoms with E-state index in [2.05, 4.69) is 17.2 Å². The highest BCUT2D eigenvalue weighted by molar-refractivity contribution is 6.35. The number of benzene rings is 1. The van der Waals surface area contributed by atoms with Crippen molar-refractivity contribution in [2.45, 2.75) is 26.3 Å². The van der Waals surface area contributed by atoms with Gasteiger partial charge in [0.25, 0.3) is 0 Å². The van der Waals surface area contributed by atoms with Gasteiger partial charge in [0.1, 0.15) is 5.76 Å². The fourth-order valence-corrected chi connectivity index (χ4v) is 2.88. The zero-order valence-electron chi connectivity index (χ0n) is 12.1. The largest absolute Gasteiger partial charge is 0.469 e. The van der Waals surface area contributed by atoms with Gasteiger partial charge in [0.05, 0.1) is 22.5 Å². The Balaban J connectivity index is 1.93. The maximum absolute atomic E-state index is 6.42. The number of aromatic nitrogens is 1. The topological polar surface area (TPSA) is 38.1 Å². The number of nitrogens with zero attached hydrogens (tertiary/aromatic N) is 1. The van der Waals surface area contributed by atoms with Gasteiger partial charge in [-0.15, -0.1) is 0 Å². The number of hydrogen-bond acceptors (Lipinski definition) is 3. The molecule has 0 radical (unpaired) electrons. The lowest BCUT2D eigenvalue weighted by Gasteiger charge is -2.18. The second-order valence-corrected chi connectivity index (χ2v) is 5.69. The Morgan fingerprint density at radius 1 is 1.33 bits per heavy atom. The second kappa shape index (κ2) is 5.78. The molecule has 0 fully saturated rings. The van der Waals surface area contributed by atoms with Gasteiger partial charge in [0.15, 0.2) is 0 Å². The van der Waals surface area contributed by atoms with Crippen LogP contribution in [0.2, 0.25) is 5.02 Å². The first-order chi connectivity index (χ1) is 10.1. The molecular weight excluding hydrogens is 284 g/mol. The lowest BCUT2D eigenvalue weighted by atomic mass is 10.1. The molecule has 4 heteroatoms. The van der Waals surface area contributed by atoms with Crippen LogP contribution in [0, 0.1) is 6.92 Å². The summed E-state index contributed by atoms with van der Waals surface area (Å²) in [5.41, 5.74) is 3.00. The van der Waals surface area contributed by atoms with Crippen molar-refractivity contribution in [2.75, 3.05) is 5.32 Å². The molecule has 0 bridgehead atoms. The van der Waals surface area contributed by atoms with Crippen LogP contribution in [0.4, 0.5) is 5.69 Å². The molecule has 1 aromatic carbocycles. The summed E-state index contributed by atoms with van der Waals surface area (Å²) in [6.07, 6.45) is 4.30. The summed E-state index contributed by atoms with van der Waals surface area (Å²) >= 11 is 6.42. The molecule has 0 aliphatic carbocycles. The third-order valence-electron chi connectivity index (χ3n) is 3.51. The van der Waals surface area contributed by atoms with Crippen LogP contribution in [0.3, 0.4) is 0 Å². The summed E-state index contributed by atoms with van der Waals surface area (Å²) in [5, 5.41) is 5.26. The molecular formula is C17H17ClN2O. The van der Waals surface area contributed by atoms with E-state index >= 15 is 0 Å². The van der Waals surface area contributed by atoms with Crippen LogP contribution in [0.25, 0.3) is 10.9 Å². The molecule has 1 atom stereocenters. The summed E-state index contributed by atoms with van der Waals surface area (Å²) in [5.74, 6) is 0.959. The van der Waals surface area contributed by atoms with Gasteiger partial charge >= 0.3 is 0 Å². The van der Waals surface area contributed by atoms with Crippen LogP contribution in [-0.4, -0.2) is 11.0 Å². The van der Waals surface area contributed by atoms with E-state index < -0.39 is 0 Å². The number of aryl methyl sites for hydroxylation is 1. The molecule has 2 aromatic heterocycles. The van der Waals surface area contributed by atoms with E-state index in [0.717, 1.165) is 39.4 Å². The SMILES string of the molecule is Cc1cc(Cl)c(NC(C)Cc2ccco2)c2cccnc12. The highest BCUT2D eigenvalue weighted by Gasteiger charge is 2.13. The van der Waals surface area contributed by atoms with Crippen molar-refractivity contribution < 1.29 is 4.42 Å². The third kappa shape index (κ3) is 2.88. The van der Waals surface area contributed by atoms with Gasteiger partial charge in [0.2, 0.25) is 0 Å². The van der Waals surface area contributed by atoms with Gasteiger partial charge in [-0.2, -0.15) is 0 Å². The predicted molar refractivity (Wildman–Crippen MR) is 87.0 cm³/mol. The molecule has 3 rings (SSSR count). The van der Waals surface area contributed by atoms with Crippen LogP contribution < -0.4 is 5.32 Å². The van der Waals surface area contributed by atoms with Gasteiger partial charge in [-0.25, -0.2) is 0 Å². The van der Waals surface area contributed by atoms with Crippen molar-refractivity contribution in [3.63, 3.8) is 0 Å². The smallest absolute Gasteiger partial charge is 0.105 e. The summed E-state index contributed by atoms with van der Waals surface area (Å²) in [7, 11) is 0. The maximum atomic E-state index is 6.42. The minimum atomic E-state index is 0.208. The number of rotatable bonds is 4. The average Bonchev–Trinajstić information content (AvgIpc) is 2.96. The Bertz CT molecular complexity index is 753. The fraction of sp³-hybridized carbons (Fsp3) is 0.235. The lowest BCUT2D eigenvalue weighted by molar-refractivity contribution is 0.498. The normalized spacial score (nSPS) is 12.5. The fourth-order valence-electron chi connectivity index (χ4n) is 2.56. The van der Waals surface area contributed by atoms with Gasteiger partial charge in [-0.1, -0.05) is 11.6 Å². The first-order valence-corrected chi connectivity index (χ1v) is 7.35. The monoisotopic (exact) mass is 300 g/mol. The molecule has 108 valence electrons. The van der Waals surface area contributed by atoms with Crippen molar-refractivity contribution in [2.24, 2.45) is 0 Å². The zero-order chi connectivity index (χ0) is 14.8. The van der Waals surface area contributed by atoms with Crippen molar-refractivity contribution in [1.82, 2.24) is 4.98 Å². The number of furan rings is 1. The van der Waals surface area contributed by atoms with Gasteiger partial charge in [0, 0.05) is 24.0 Å². The van der Waals surface area contributed by atoms with Crippen molar-refractivity contribution >= 4 is 28.2 Å². The molecule has 0 spiro atoms. The summed E-state index contributed by atoms with van der Waals surface area (Å²) < 4.78 is 5.39. The predicted octanol–water partition coefficient (Wildman–Crippen LogP) is 4.83. The van der Waals surface area contributed by atoms with Crippen molar-refractivity contribution in [1.29, 1.82) is 0 Å². The number of anilines is 1. The van der Waals surface area contributed by atoms with Gasteiger partial charge < -0.3 is 9.73 Å². The third-order valence-corrected chi connectivity index (χ3v) is 3.81. The molecule has 0 amide bonds. The molecule has 0 aliphatic heterocycles. The zero-order valence-corrected chi connectivity index (χ0v) is 12.8. The number of halogens is 1. The van der Waals surface area contributed by atoms with Gasteiger partial charge in [-0.3, -0.25) is 4.98 Å². The van der Waals surface area contributed by atoms with Crippen molar-refractivity contribution in [3.8, 4) is 0 Å². The Kier molecular flexibility index (Phi) is 3.84. The Morgan fingerprint density at radius 2 is 2.19 bits per heavy atom. The first kappa shape index (κ1) is 14.0. The minimum Gasteiger partial charge on any atom is -0.469 e. The van der Waals surface area contributed by atoms with E-state index in [4.69, 9.17) is 16.0 Å². The van der Waals surface area contributed by atoms with E-state index in [0.29, 0.717) is 0 Å². The highest BCUT2D eigenvalue weighted by Crippen LogP contribution is 2.33. The molecule has 0 saturated heterocycles. The van der Waals surface area contributed by atoms with E-state index in [1.807, 2.05) is 37.3 Å². The summed E-state index contributed by atoms with van der Waals surface area (Å²) in [6.45, 7) is 4.14. The van der Waals surface area contributed by atoms with E-state index in [-0.39, 0.29) is 6.04 Å². The summed E-state index contributed by atoms with van der Waals surface area (Å²) in [6, 6.07) is 10.0. The standard InChI is InChI=1S/C17H17ClN2O/c1-11-9-15(18)17(14-6-3-7-19-16(11)14)20-12(2)10-13-5-4-8-21-13/h3-9,12,20H,10H2,1-2H3. The molecule has 1 unspecified atom stereocenters. The Hall–Kier alpha value is -2.00. The summed E-state index contributed by atoms with van der Waals surface area (Å²) in [4.78, 5) is 4.45. The van der Waals surface area contributed by atoms with Crippen LogP contribution in [0.15, 0.2) is 47.2 Å². The maximum Gasteiger partial charge on any atom is 0.105 e. The van der Waals surface area contributed by atoms with Crippen LogP contribution in [0.5, 0.6) is 0 Å². The van der Waals surface area contributed by atoms with E-state index in [1.54, 1.807) is 12.5 Å². The van der Waals surface area contributed by atoms with Gasteiger partial charge in [-0.05, 0) is 49.7 Å². The molecule has 21 heavy (non-hydrogen) atoms. The van der Waals surface area contributed by atoms with E-state index in [9.17, 15) is 0 Å². The quantitative estimate of drug-likeness (QED) is 0.749. The molecule has 2 heterocycles. The van der Waals surface area contributed by atoms with E-state index in [1.165, 1.54) is 0 Å².